The Morgan fingerprint density at radius 1 is 1.19 bits per heavy atom. The van der Waals surface area contributed by atoms with Gasteiger partial charge in [-0.05, 0) is 73.4 Å². The van der Waals surface area contributed by atoms with Crippen molar-refractivity contribution >= 4 is 5.91 Å². The Hall–Kier alpha value is -3.32. The molecular weight excluding hydrogens is 397 g/mol. The van der Waals surface area contributed by atoms with E-state index >= 15 is 0 Å². The summed E-state index contributed by atoms with van der Waals surface area (Å²) in [5, 5.41) is 0. The molecule has 1 aromatic carbocycles. The molecule has 0 bridgehead atoms. The zero-order chi connectivity index (χ0) is 21.8. The minimum Gasteiger partial charge on any atom is -0.376 e. The van der Waals surface area contributed by atoms with E-state index in [4.69, 9.17) is 4.74 Å². The van der Waals surface area contributed by atoms with Gasteiger partial charge in [0.25, 0.3) is 11.5 Å². The number of hydrogen-bond donors (Lipinski definition) is 0. The van der Waals surface area contributed by atoms with Gasteiger partial charge in [0.2, 0.25) is 0 Å². The van der Waals surface area contributed by atoms with Gasteiger partial charge in [0.15, 0.2) is 0 Å². The Balaban J connectivity index is 1.70. The number of hydrogen-bond acceptors (Lipinski definition) is 4. The lowest BCUT2D eigenvalue weighted by atomic mass is 10.1. The number of rotatable bonds is 6. The van der Waals surface area contributed by atoms with E-state index in [9.17, 15) is 14.0 Å². The number of ether oxygens (including phenoxy) is 1. The molecule has 3 heterocycles. The first-order valence-electron chi connectivity index (χ1n) is 10.3. The highest BCUT2D eigenvalue weighted by Crippen LogP contribution is 2.18. The lowest BCUT2D eigenvalue weighted by Crippen LogP contribution is -2.40. The standard InChI is InChI=1S/C24H24FN3O3/c1-17-10-13-28(20-6-4-19(25)5-7-20)24(30)22(17)23(29)27(16-21-3-2-14-31-21)15-18-8-11-26-12-9-18/h4-13,21H,2-3,14-16H2,1H3. The average Bonchev–Trinajstić information content (AvgIpc) is 3.28. The first kappa shape index (κ1) is 20.9. The molecule has 0 saturated carbocycles. The molecule has 0 radical (unpaired) electrons. The second kappa shape index (κ2) is 9.22. The van der Waals surface area contributed by atoms with Crippen LogP contribution in [0.4, 0.5) is 4.39 Å². The molecule has 160 valence electrons. The van der Waals surface area contributed by atoms with Crippen molar-refractivity contribution in [3.05, 3.63) is 93.9 Å². The van der Waals surface area contributed by atoms with Crippen LogP contribution >= 0.6 is 0 Å². The number of aromatic nitrogens is 2. The van der Waals surface area contributed by atoms with Gasteiger partial charge in [0.1, 0.15) is 11.4 Å². The van der Waals surface area contributed by atoms with Gasteiger partial charge in [-0.15, -0.1) is 0 Å². The highest BCUT2D eigenvalue weighted by Gasteiger charge is 2.27. The van der Waals surface area contributed by atoms with Gasteiger partial charge in [0.05, 0.1) is 6.10 Å². The summed E-state index contributed by atoms with van der Waals surface area (Å²) in [6, 6.07) is 11.0. The van der Waals surface area contributed by atoms with Gasteiger partial charge >= 0.3 is 0 Å². The van der Waals surface area contributed by atoms with Crippen molar-refractivity contribution < 1.29 is 13.9 Å². The summed E-state index contributed by atoms with van der Waals surface area (Å²) in [6.07, 6.45) is 6.76. The highest BCUT2D eigenvalue weighted by atomic mass is 19.1. The molecule has 1 unspecified atom stereocenters. The molecule has 6 nitrogen and oxygen atoms in total. The molecule has 1 aliphatic rings. The number of amides is 1. The van der Waals surface area contributed by atoms with Crippen molar-refractivity contribution in [2.75, 3.05) is 13.2 Å². The molecule has 4 rings (SSSR count). The van der Waals surface area contributed by atoms with E-state index in [0.29, 0.717) is 30.9 Å². The number of pyridine rings is 2. The molecule has 2 aromatic heterocycles. The van der Waals surface area contributed by atoms with Crippen molar-refractivity contribution in [3.8, 4) is 5.69 Å². The highest BCUT2D eigenvalue weighted by molar-refractivity contribution is 5.95. The molecule has 1 amide bonds. The van der Waals surface area contributed by atoms with E-state index in [1.54, 1.807) is 36.5 Å². The normalized spacial score (nSPS) is 15.7. The fraction of sp³-hybridized carbons (Fsp3) is 0.292. The van der Waals surface area contributed by atoms with Crippen LogP contribution in [0.3, 0.4) is 0 Å². The molecule has 0 spiro atoms. The van der Waals surface area contributed by atoms with Gasteiger partial charge in [-0.2, -0.15) is 0 Å². The third-order valence-corrected chi connectivity index (χ3v) is 5.48. The van der Waals surface area contributed by atoms with Crippen molar-refractivity contribution in [3.63, 3.8) is 0 Å². The fourth-order valence-electron chi connectivity index (χ4n) is 3.81. The Labute approximate surface area is 179 Å². The second-order valence-corrected chi connectivity index (χ2v) is 7.70. The van der Waals surface area contributed by atoms with E-state index < -0.39 is 5.56 Å². The zero-order valence-corrected chi connectivity index (χ0v) is 17.3. The summed E-state index contributed by atoms with van der Waals surface area (Å²) in [7, 11) is 0. The summed E-state index contributed by atoms with van der Waals surface area (Å²) in [4.78, 5) is 32.6. The van der Waals surface area contributed by atoms with Crippen LogP contribution in [0.15, 0.2) is 65.8 Å². The predicted octanol–water partition coefficient (Wildman–Crippen LogP) is 3.50. The van der Waals surface area contributed by atoms with E-state index in [-0.39, 0.29) is 23.4 Å². The van der Waals surface area contributed by atoms with Gasteiger partial charge < -0.3 is 9.64 Å². The molecule has 1 fully saturated rings. The van der Waals surface area contributed by atoms with Gasteiger partial charge in [-0.1, -0.05) is 0 Å². The van der Waals surface area contributed by atoms with E-state index in [1.165, 1.54) is 28.8 Å². The molecular formula is C24H24FN3O3. The molecule has 0 aliphatic carbocycles. The zero-order valence-electron chi connectivity index (χ0n) is 17.3. The quantitative estimate of drug-likeness (QED) is 0.611. The van der Waals surface area contributed by atoms with Crippen molar-refractivity contribution in [1.29, 1.82) is 0 Å². The summed E-state index contributed by atoms with van der Waals surface area (Å²) >= 11 is 0. The van der Waals surface area contributed by atoms with E-state index in [0.717, 1.165) is 18.4 Å². The number of benzene rings is 1. The second-order valence-electron chi connectivity index (χ2n) is 7.70. The summed E-state index contributed by atoms with van der Waals surface area (Å²) < 4.78 is 20.4. The molecule has 1 saturated heterocycles. The molecule has 1 atom stereocenters. The minimum absolute atomic E-state index is 0.0471. The lowest BCUT2D eigenvalue weighted by Gasteiger charge is -2.26. The maximum Gasteiger partial charge on any atom is 0.268 e. The topological polar surface area (TPSA) is 64.4 Å². The maximum absolute atomic E-state index is 13.6. The Morgan fingerprint density at radius 2 is 1.94 bits per heavy atom. The monoisotopic (exact) mass is 421 g/mol. The van der Waals surface area contributed by atoms with Gasteiger partial charge in [-0.25, -0.2) is 4.39 Å². The van der Waals surface area contributed by atoms with Crippen LogP contribution in [0.25, 0.3) is 5.69 Å². The Morgan fingerprint density at radius 3 is 2.61 bits per heavy atom. The predicted molar refractivity (Wildman–Crippen MR) is 115 cm³/mol. The summed E-state index contributed by atoms with van der Waals surface area (Å²) in [5.74, 6) is -0.730. The Kier molecular flexibility index (Phi) is 6.23. The third-order valence-electron chi connectivity index (χ3n) is 5.48. The van der Waals surface area contributed by atoms with Crippen molar-refractivity contribution in [2.45, 2.75) is 32.4 Å². The van der Waals surface area contributed by atoms with Crippen LogP contribution < -0.4 is 5.56 Å². The minimum atomic E-state index is -0.427. The van der Waals surface area contributed by atoms with Crippen LogP contribution in [-0.2, 0) is 11.3 Å². The first-order chi connectivity index (χ1) is 15.0. The van der Waals surface area contributed by atoms with Crippen LogP contribution in [0, 0.1) is 12.7 Å². The molecule has 7 heteroatoms. The van der Waals surface area contributed by atoms with Crippen LogP contribution in [0.2, 0.25) is 0 Å². The van der Waals surface area contributed by atoms with Crippen LogP contribution in [0.1, 0.15) is 34.3 Å². The molecule has 1 aliphatic heterocycles. The molecule has 3 aromatic rings. The molecule has 0 N–H and O–H groups in total. The van der Waals surface area contributed by atoms with Crippen LogP contribution in [-0.4, -0.2) is 39.6 Å². The number of carbonyl (C=O) groups is 1. The first-order valence-corrected chi connectivity index (χ1v) is 10.3. The maximum atomic E-state index is 13.6. The van der Waals surface area contributed by atoms with Crippen molar-refractivity contribution in [2.24, 2.45) is 0 Å². The average molecular weight is 421 g/mol. The summed E-state index contributed by atoms with van der Waals surface area (Å²) in [6.45, 7) is 3.20. The largest absolute Gasteiger partial charge is 0.376 e. The smallest absolute Gasteiger partial charge is 0.268 e. The SMILES string of the molecule is Cc1ccn(-c2ccc(F)cc2)c(=O)c1C(=O)N(Cc1ccncc1)CC1CCCO1. The third kappa shape index (κ3) is 4.72. The fourth-order valence-corrected chi connectivity index (χ4v) is 3.81. The number of nitrogens with zero attached hydrogens (tertiary/aromatic N) is 3. The van der Waals surface area contributed by atoms with Gasteiger partial charge in [-0.3, -0.25) is 19.1 Å². The van der Waals surface area contributed by atoms with Crippen molar-refractivity contribution in [1.82, 2.24) is 14.5 Å². The van der Waals surface area contributed by atoms with E-state index in [2.05, 4.69) is 4.98 Å². The lowest BCUT2D eigenvalue weighted by molar-refractivity contribution is 0.0505. The van der Waals surface area contributed by atoms with Crippen LogP contribution in [0.5, 0.6) is 0 Å². The number of carbonyl (C=O) groups excluding carboxylic acids is 1. The Bertz CT molecular complexity index is 1110. The number of halogens is 1. The van der Waals surface area contributed by atoms with Gasteiger partial charge in [0, 0.05) is 44.0 Å². The van der Waals surface area contributed by atoms with E-state index in [1.807, 2.05) is 12.1 Å². The summed E-state index contributed by atoms with van der Waals surface area (Å²) in [5.41, 5.74) is 1.71. The molecule has 31 heavy (non-hydrogen) atoms. The number of aryl methyl sites for hydroxylation is 1.